The monoisotopic (exact) mass is 424 g/mol. The first-order valence-electron chi connectivity index (χ1n) is 10.2. The van der Waals surface area contributed by atoms with E-state index in [2.05, 4.69) is 0 Å². The third-order valence-corrected chi connectivity index (χ3v) is 5.64. The van der Waals surface area contributed by atoms with Gasteiger partial charge in [-0.3, -0.25) is 9.59 Å². The minimum atomic E-state index is -1.17. The largest absolute Gasteiger partial charge is 0.425 e. The van der Waals surface area contributed by atoms with Crippen molar-refractivity contribution in [1.29, 1.82) is 0 Å². The number of rotatable bonds is 5. The van der Waals surface area contributed by atoms with Gasteiger partial charge in [0.15, 0.2) is 0 Å². The summed E-state index contributed by atoms with van der Waals surface area (Å²) in [5.74, 6) is -0.726. The van der Waals surface area contributed by atoms with Crippen LogP contribution in [0.25, 0.3) is 11.1 Å². The van der Waals surface area contributed by atoms with E-state index in [9.17, 15) is 19.5 Å². The number of esters is 1. The lowest BCUT2D eigenvalue weighted by Crippen LogP contribution is -2.53. The summed E-state index contributed by atoms with van der Waals surface area (Å²) in [6.45, 7) is 1.01. The summed E-state index contributed by atoms with van der Waals surface area (Å²) >= 11 is 0. The fraction of sp³-hybridized carbons (Fsp3) is 0.348. The first kappa shape index (κ1) is 21.0. The van der Waals surface area contributed by atoms with Crippen LogP contribution in [0.2, 0.25) is 0 Å². The van der Waals surface area contributed by atoms with E-state index in [-0.39, 0.29) is 11.8 Å². The number of benzene rings is 2. The predicted molar refractivity (Wildman–Crippen MR) is 111 cm³/mol. The van der Waals surface area contributed by atoms with E-state index >= 15 is 0 Å². The number of carbonyl (C=O) groups excluding carboxylic acids is 3. The molecule has 0 radical (unpaired) electrons. The molecule has 8 heteroatoms. The van der Waals surface area contributed by atoms with E-state index in [1.54, 1.807) is 40.1 Å². The van der Waals surface area contributed by atoms with E-state index in [1.165, 1.54) is 0 Å². The molecule has 8 nitrogen and oxygen atoms in total. The van der Waals surface area contributed by atoms with Gasteiger partial charge in [0.05, 0.1) is 0 Å². The van der Waals surface area contributed by atoms with Crippen molar-refractivity contribution in [3.8, 4) is 16.9 Å². The first-order valence-corrected chi connectivity index (χ1v) is 10.2. The zero-order valence-electron chi connectivity index (χ0n) is 17.0. The fourth-order valence-electron chi connectivity index (χ4n) is 3.63. The smallest absolute Gasteiger partial charge is 0.337 e. The molecule has 0 bridgehead atoms. The van der Waals surface area contributed by atoms with Crippen molar-refractivity contribution in [2.75, 3.05) is 32.8 Å². The topological polar surface area (TPSA) is 107 Å². The molecule has 2 amide bonds. The van der Waals surface area contributed by atoms with Gasteiger partial charge in [0.2, 0.25) is 0 Å². The fourth-order valence-corrected chi connectivity index (χ4v) is 3.63. The molecule has 0 spiro atoms. The predicted octanol–water partition coefficient (Wildman–Crippen LogP) is 1.06. The third-order valence-electron chi connectivity index (χ3n) is 5.64. The average molecular weight is 424 g/mol. The standard InChI is InChI=1S/C23H24N2O6/c26-15-20(27)31-19-3-1-2-18(14-19)16-4-6-17(7-5-16)21(28)24-10-12-25(13-11-24)22(29)23(30)8-9-23/h1-7,14,26,30H,8-13,15H2. The van der Waals surface area contributed by atoms with Crippen LogP contribution in [0.15, 0.2) is 48.5 Å². The van der Waals surface area contributed by atoms with Crippen molar-refractivity contribution in [2.24, 2.45) is 0 Å². The van der Waals surface area contributed by atoms with Crippen LogP contribution < -0.4 is 4.74 Å². The maximum atomic E-state index is 12.8. The molecule has 1 aliphatic heterocycles. The summed E-state index contributed by atoms with van der Waals surface area (Å²) < 4.78 is 5.02. The second-order valence-electron chi connectivity index (χ2n) is 7.85. The second kappa shape index (κ2) is 8.49. The number of hydrogen-bond acceptors (Lipinski definition) is 6. The van der Waals surface area contributed by atoms with Gasteiger partial charge in [-0.25, -0.2) is 4.79 Å². The molecule has 162 valence electrons. The van der Waals surface area contributed by atoms with Gasteiger partial charge >= 0.3 is 5.97 Å². The normalized spacial score (nSPS) is 17.2. The van der Waals surface area contributed by atoms with Gasteiger partial charge in [-0.1, -0.05) is 24.3 Å². The Bertz CT molecular complexity index is 991. The zero-order valence-corrected chi connectivity index (χ0v) is 17.0. The number of aliphatic hydroxyl groups is 2. The Hall–Kier alpha value is -3.23. The first-order chi connectivity index (χ1) is 14.9. The van der Waals surface area contributed by atoms with Gasteiger partial charge in [0, 0.05) is 31.7 Å². The summed E-state index contributed by atoms with van der Waals surface area (Å²) in [5, 5.41) is 18.8. The van der Waals surface area contributed by atoms with E-state index in [4.69, 9.17) is 9.84 Å². The number of aliphatic hydroxyl groups excluding tert-OH is 1. The molecule has 1 heterocycles. The van der Waals surface area contributed by atoms with Crippen LogP contribution in [0.5, 0.6) is 5.75 Å². The lowest BCUT2D eigenvalue weighted by atomic mass is 10.0. The lowest BCUT2D eigenvalue weighted by Gasteiger charge is -2.35. The molecule has 2 aromatic rings. The Morgan fingerprint density at radius 2 is 1.55 bits per heavy atom. The molecule has 2 N–H and O–H groups in total. The molecule has 0 atom stereocenters. The molecule has 1 saturated heterocycles. The van der Waals surface area contributed by atoms with E-state index in [0.29, 0.717) is 50.3 Å². The van der Waals surface area contributed by atoms with Gasteiger partial charge < -0.3 is 24.7 Å². The van der Waals surface area contributed by atoms with Crippen LogP contribution in [-0.4, -0.2) is 76.2 Å². The summed E-state index contributed by atoms with van der Waals surface area (Å²) in [6.07, 6.45) is 1.04. The molecule has 2 fully saturated rings. The summed E-state index contributed by atoms with van der Waals surface area (Å²) in [5.41, 5.74) is 1.04. The molecule has 4 rings (SSSR count). The number of ether oxygens (including phenoxy) is 1. The molecule has 2 aliphatic rings. The highest BCUT2D eigenvalue weighted by Crippen LogP contribution is 2.37. The Kier molecular flexibility index (Phi) is 5.75. The van der Waals surface area contributed by atoms with Crippen molar-refractivity contribution in [1.82, 2.24) is 9.80 Å². The Labute approximate surface area is 179 Å². The molecular formula is C23H24N2O6. The average Bonchev–Trinajstić information content (AvgIpc) is 3.57. The third kappa shape index (κ3) is 4.60. The molecule has 0 aromatic heterocycles. The quantitative estimate of drug-likeness (QED) is 0.549. The van der Waals surface area contributed by atoms with Crippen molar-refractivity contribution in [3.05, 3.63) is 54.1 Å². The second-order valence-corrected chi connectivity index (χ2v) is 7.85. The van der Waals surface area contributed by atoms with E-state index in [1.807, 2.05) is 18.2 Å². The van der Waals surface area contributed by atoms with E-state index < -0.39 is 18.2 Å². The Morgan fingerprint density at radius 1 is 0.903 bits per heavy atom. The highest BCUT2D eigenvalue weighted by Gasteiger charge is 2.50. The van der Waals surface area contributed by atoms with Crippen LogP contribution >= 0.6 is 0 Å². The Balaban J connectivity index is 1.38. The minimum Gasteiger partial charge on any atom is -0.425 e. The van der Waals surface area contributed by atoms with Crippen LogP contribution in [-0.2, 0) is 9.59 Å². The molecule has 2 aromatic carbocycles. The highest BCUT2D eigenvalue weighted by molar-refractivity contribution is 5.95. The van der Waals surface area contributed by atoms with Gasteiger partial charge in [-0.05, 0) is 48.2 Å². The van der Waals surface area contributed by atoms with Crippen molar-refractivity contribution >= 4 is 17.8 Å². The number of carbonyl (C=O) groups is 3. The maximum absolute atomic E-state index is 12.8. The lowest BCUT2D eigenvalue weighted by molar-refractivity contribution is -0.144. The summed E-state index contributed by atoms with van der Waals surface area (Å²) in [6, 6.07) is 14.0. The van der Waals surface area contributed by atoms with Gasteiger partial charge in [-0.2, -0.15) is 0 Å². The number of amides is 2. The van der Waals surface area contributed by atoms with Crippen molar-refractivity contribution < 1.29 is 29.3 Å². The summed E-state index contributed by atoms with van der Waals surface area (Å²) in [7, 11) is 0. The highest BCUT2D eigenvalue weighted by atomic mass is 16.5. The van der Waals surface area contributed by atoms with Crippen LogP contribution in [0.4, 0.5) is 0 Å². The summed E-state index contributed by atoms with van der Waals surface area (Å²) in [4.78, 5) is 39.7. The van der Waals surface area contributed by atoms with Gasteiger partial charge in [0.25, 0.3) is 11.8 Å². The van der Waals surface area contributed by atoms with Crippen LogP contribution in [0.3, 0.4) is 0 Å². The molecular weight excluding hydrogens is 400 g/mol. The molecule has 0 unspecified atom stereocenters. The number of hydrogen-bond donors (Lipinski definition) is 2. The SMILES string of the molecule is O=C(CO)Oc1cccc(-c2ccc(C(=O)N3CCN(C(=O)C4(O)CC4)CC3)cc2)c1. The van der Waals surface area contributed by atoms with Crippen LogP contribution in [0, 0.1) is 0 Å². The maximum Gasteiger partial charge on any atom is 0.337 e. The Morgan fingerprint density at radius 3 is 2.16 bits per heavy atom. The van der Waals surface area contributed by atoms with Crippen molar-refractivity contribution in [3.63, 3.8) is 0 Å². The molecule has 1 saturated carbocycles. The van der Waals surface area contributed by atoms with Gasteiger partial charge in [0.1, 0.15) is 18.0 Å². The number of nitrogens with zero attached hydrogens (tertiary/aromatic N) is 2. The zero-order chi connectivity index (χ0) is 22.0. The molecule has 1 aliphatic carbocycles. The van der Waals surface area contributed by atoms with Crippen molar-refractivity contribution in [2.45, 2.75) is 18.4 Å². The number of piperazine rings is 1. The van der Waals surface area contributed by atoms with E-state index in [0.717, 1.165) is 11.1 Å². The van der Waals surface area contributed by atoms with Gasteiger partial charge in [-0.15, -0.1) is 0 Å². The van der Waals surface area contributed by atoms with Crippen LogP contribution in [0.1, 0.15) is 23.2 Å². The molecule has 31 heavy (non-hydrogen) atoms. The minimum absolute atomic E-state index is 0.102.